The number of carboxylic acid groups (broad SMARTS) is 1. The molecule has 28 heavy (non-hydrogen) atoms. The van der Waals surface area contributed by atoms with Gasteiger partial charge in [-0.05, 0) is 56.7 Å². The molecule has 7 heteroatoms. The Morgan fingerprint density at radius 2 is 1.75 bits per heavy atom. The summed E-state index contributed by atoms with van der Waals surface area (Å²) in [5, 5.41) is 12.3. The molecule has 2 N–H and O–H groups in total. The molecule has 0 aliphatic rings. The fourth-order valence-electron chi connectivity index (χ4n) is 2.51. The van der Waals surface area contributed by atoms with E-state index in [9.17, 15) is 9.59 Å². The van der Waals surface area contributed by atoms with Crippen LogP contribution in [-0.4, -0.2) is 36.3 Å². The van der Waals surface area contributed by atoms with E-state index in [4.69, 9.17) is 26.2 Å². The highest BCUT2D eigenvalue weighted by Gasteiger charge is 2.17. The average molecular weight is 406 g/mol. The first-order chi connectivity index (χ1) is 13.3. The van der Waals surface area contributed by atoms with Gasteiger partial charge in [0.2, 0.25) is 0 Å². The second-order valence-corrected chi connectivity index (χ2v) is 6.97. The minimum absolute atomic E-state index is 0.102. The Balaban J connectivity index is 2.07. The highest BCUT2D eigenvalue weighted by atomic mass is 35.5. The summed E-state index contributed by atoms with van der Waals surface area (Å²) in [5.41, 5.74) is 1.30. The minimum atomic E-state index is -0.995. The van der Waals surface area contributed by atoms with Crippen LogP contribution in [0.4, 0.5) is 0 Å². The molecule has 2 aromatic rings. The molecule has 0 aromatic heterocycles. The van der Waals surface area contributed by atoms with Crippen LogP contribution in [0.3, 0.4) is 0 Å². The predicted molar refractivity (Wildman–Crippen MR) is 107 cm³/mol. The molecule has 0 saturated heterocycles. The van der Waals surface area contributed by atoms with Crippen molar-refractivity contribution in [3.63, 3.8) is 0 Å². The Bertz CT molecular complexity index is 820. The monoisotopic (exact) mass is 405 g/mol. The van der Waals surface area contributed by atoms with E-state index in [0.717, 1.165) is 5.56 Å². The van der Waals surface area contributed by atoms with Crippen molar-refractivity contribution < 1.29 is 24.2 Å². The van der Waals surface area contributed by atoms with Crippen LogP contribution in [0, 0.1) is 0 Å². The quantitative estimate of drug-likeness (QED) is 0.606. The number of hydrogen-bond acceptors (Lipinski definition) is 4. The molecule has 2 rings (SSSR count). The van der Waals surface area contributed by atoms with E-state index in [1.807, 2.05) is 20.8 Å². The Kier molecular flexibility index (Phi) is 7.84. The smallest absolute Gasteiger partial charge is 0.335 e. The lowest BCUT2D eigenvalue weighted by molar-refractivity contribution is 0.0548. The van der Waals surface area contributed by atoms with E-state index in [0.29, 0.717) is 29.5 Å². The molecular weight excluding hydrogens is 382 g/mol. The van der Waals surface area contributed by atoms with Crippen LogP contribution in [0.1, 0.15) is 53.1 Å². The van der Waals surface area contributed by atoms with Crippen molar-refractivity contribution >= 4 is 23.5 Å². The summed E-state index contributed by atoms with van der Waals surface area (Å²) < 4.78 is 11.1. The Morgan fingerprint density at radius 3 is 2.36 bits per heavy atom. The third kappa shape index (κ3) is 6.25. The molecule has 0 aliphatic carbocycles. The van der Waals surface area contributed by atoms with Gasteiger partial charge in [0.1, 0.15) is 12.4 Å². The number of amides is 1. The SMILES string of the molecule is CC(C)OCCOc1ccc(Cl)cc1C(=O)N[C@@H](C)c1ccc(C(=O)O)cc1. The van der Waals surface area contributed by atoms with E-state index in [2.05, 4.69) is 5.32 Å². The van der Waals surface area contributed by atoms with Crippen LogP contribution >= 0.6 is 11.6 Å². The van der Waals surface area contributed by atoms with Gasteiger partial charge in [-0.25, -0.2) is 4.79 Å². The molecule has 1 atom stereocenters. The summed E-state index contributed by atoms with van der Waals surface area (Å²) in [4.78, 5) is 23.7. The Hall–Kier alpha value is -2.57. The fourth-order valence-corrected chi connectivity index (χ4v) is 2.69. The van der Waals surface area contributed by atoms with Crippen LogP contribution in [0.25, 0.3) is 0 Å². The van der Waals surface area contributed by atoms with Gasteiger partial charge in [0.05, 0.1) is 29.9 Å². The first kappa shape index (κ1) is 21.7. The van der Waals surface area contributed by atoms with Gasteiger partial charge in [0.25, 0.3) is 5.91 Å². The number of carbonyl (C=O) groups excluding carboxylic acids is 1. The molecule has 0 bridgehead atoms. The standard InChI is InChI=1S/C21H24ClNO5/c1-13(2)27-10-11-28-19-9-8-17(22)12-18(19)20(24)23-14(3)15-4-6-16(7-5-15)21(25)26/h4-9,12-14H,10-11H2,1-3H3,(H,23,24)(H,25,26)/t14-/m0/s1. The van der Waals surface area contributed by atoms with Gasteiger partial charge < -0.3 is 19.9 Å². The third-order valence-corrected chi connectivity index (χ3v) is 4.22. The zero-order valence-corrected chi connectivity index (χ0v) is 16.8. The summed E-state index contributed by atoms with van der Waals surface area (Å²) >= 11 is 6.05. The lowest BCUT2D eigenvalue weighted by Crippen LogP contribution is -2.27. The molecule has 0 heterocycles. The van der Waals surface area contributed by atoms with Crippen molar-refractivity contribution in [3.8, 4) is 5.75 Å². The number of aromatic carboxylic acids is 1. The summed E-state index contributed by atoms with van der Waals surface area (Å²) in [6.07, 6.45) is 0.102. The highest BCUT2D eigenvalue weighted by Crippen LogP contribution is 2.24. The molecule has 0 spiro atoms. The molecule has 150 valence electrons. The fraction of sp³-hybridized carbons (Fsp3) is 0.333. The lowest BCUT2D eigenvalue weighted by Gasteiger charge is -2.17. The molecule has 0 radical (unpaired) electrons. The lowest BCUT2D eigenvalue weighted by atomic mass is 10.1. The second-order valence-electron chi connectivity index (χ2n) is 6.53. The number of ether oxygens (including phenoxy) is 2. The van der Waals surface area contributed by atoms with Gasteiger partial charge in [0.15, 0.2) is 0 Å². The predicted octanol–water partition coefficient (Wildman–Crippen LogP) is 4.33. The van der Waals surface area contributed by atoms with E-state index in [1.165, 1.54) is 12.1 Å². The molecule has 0 unspecified atom stereocenters. The van der Waals surface area contributed by atoms with Crippen molar-refractivity contribution in [2.75, 3.05) is 13.2 Å². The molecule has 0 saturated carbocycles. The first-order valence-electron chi connectivity index (χ1n) is 8.96. The normalized spacial score (nSPS) is 11.9. The van der Waals surface area contributed by atoms with Crippen molar-refractivity contribution in [2.45, 2.75) is 32.9 Å². The number of nitrogens with one attached hydrogen (secondary N) is 1. The van der Waals surface area contributed by atoms with Gasteiger partial charge in [0, 0.05) is 5.02 Å². The maximum absolute atomic E-state index is 12.7. The van der Waals surface area contributed by atoms with E-state index < -0.39 is 5.97 Å². The molecule has 1 amide bonds. The summed E-state index contributed by atoms with van der Waals surface area (Å²) in [6.45, 7) is 6.41. The molecule has 2 aromatic carbocycles. The van der Waals surface area contributed by atoms with Crippen LogP contribution < -0.4 is 10.1 Å². The molecule has 0 aliphatic heterocycles. The van der Waals surface area contributed by atoms with Crippen molar-refractivity contribution in [1.82, 2.24) is 5.32 Å². The zero-order chi connectivity index (χ0) is 20.7. The highest BCUT2D eigenvalue weighted by molar-refractivity contribution is 6.31. The van der Waals surface area contributed by atoms with Crippen LogP contribution in [0.2, 0.25) is 5.02 Å². The molecular formula is C21H24ClNO5. The van der Waals surface area contributed by atoms with Crippen LogP contribution in [0.5, 0.6) is 5.75 Å². The minimum Gasteiger partial charge on any atom is -0.490 e. The number of benzene rings is 2. The Morgan fingerprint density at radius 1 is 1.07 bits per heavy atom. The van der Waals surface area contributed by atoms with Gasteiger partial charge >= 0.3 is 5.97 Å². The maximum atomic E-state index is 12.7. The number of rotatable bonds is 9. The van der Waals surface area contributed by atoms with Gasteiger partial charge in [-0.1, -0.05) is 23.7 Å². The van der Waals surface area contributed by atoms with E-state index >= 15 is 0 Å². The van der Waals surface area contributed by atoms with Crippen molar-refractivity contribution in [2.24, 2.45) is 0 Å². The first-order valence-corrected chi connectivity index (χ1v) is 9.33. The summed E-state index contributed by atoms with van der Waals surface area (Å²) in [7, 11) is 0. The number of hydrogen-bond donors (Lipinski definition) is 2. The van der Waals surface area contributed by atoms with Crippen molar-refractivity contribution in [1.29, 1.82) is 0 Å². The van der Waals surface area contributed by atoms with Gasteiger partial charge in [-0.15, -0.1) is 0 Å². The number of carboxylic acids is 1. The van der Waals surface area contributed by atoms with Crippen LogP contribution in [-0.2, 0) is 4.74 Å². The van der Waals surface area contributed by atoms with Crippen LogP contribution in [0.15, 0.2) is 42.5 Å². The largest absolute Gasteiger partial charge is 0.490 e. The maximum Gasteiger partial charge on any atom is 0.335 e. The summed E-state index contributed by atoms with van der Waals surface area (Å²) in [6, 6.07) is 10.9. The van der Waals surface area contributed by atoms with Crippen molar-refractivity contribution in [3.05, 3.63) is 64.2 Å². The molecule has 6 nitrogen and oxygen atoms in total. The number of carbonyl (C=O) groups is 2. The zero-order valence-electron chi connectivity index (χ0n) is 16.1. The van der Waals surface area contributed by atoms with E-state index in [-0.39, 0.29) is 23.6 Å². The average Bonchev–Trinajstić information content (AvgIpc) is 2.65. The summed E-state index contributed by atoms with van der Waals surface area (Å²) in [5.74, 6) is -0.912. The Labute approximate surface area is 169 Å². The topological polar surface area (TPSA) is 84.9 Å². The van der Waals surface area contributed by atoms with Gasteiger partial charge in [-0.2, -0.15) is 0 Å². The third-order valence-electron chi connectivity index (χ3n) is 3.98. The van der Waals surface area contributed by atoms with Gasteiger partial charge in [-0.3, -0.25) is 4.79 Å². The van der Waals surface area contributed by atoms with E-state index in [1.54, 1.807) is 30.3 Å². The second kappa shape index (κ2) is 10.1. The number of halogens is 1. The molecule has 0 fully saturated rings.